The Kier molecular flexibility index (Phi) is 6.49. The van der Waals surface area contributed by atoms with Crippen LogP contribution in [0.15, 0.2) is 58.7 Å². The minimum Gasteiger partial charge on any atom is -0.495 e. The zero-order valence-electron chi connectivity index (χ0n) is 19.3. The van der Waals surface area contributed by atoms with E-state index in [9.17, 15) is 9.59 Å². The fourth-order valence-corrected chi connectivity index (χ4v) is 4.76. The lowest BCUT2D eigenvalue weighted by Gasteiger charge is -2.36. The van der Waals surface area contributed by atoms with Gasteiger partial charge in [0.25, 0.3) is 5.91 Å². The highest BCUT2D eigenvalue weighted by molar-refractivity contribution is 6.14. The van der Waals surface area contributed by atoms with Crippen LogP contribution in [0.25, 0.3) is 0 Å². The summed E-state index contributed by atoms with van der Waals surface area (Å²) in [6.07, 6.45) is 2.01. The number of para-hydroxylation sites is 2. The molecule has 2 atom stereocenters. The number of carbonyl (C=O) groups excluding carboxylic acids is 2. The maximum absolute atomic E-state index is 13.6. The second-order valence-corrected chi connectivity index (χ2v) is 8.15. The number of benzene rings is 2. The molecular formula is C26H28N2O5. The van der Waals surface area contributed by atoms with Crippen LogP contribution in [0.3, 0.4) is 0 Å². The summed E-state index contributed by atoms with van der Waals surface area (Å²) in [7, 11) is 4.70. The molecule has 0 bridgehead atoms. The van der Waals surface area contributed by atoms with E-state index in [1.165, 1.54) is 0 Å². The molecule has 1 heterocycles. The fourth-order valence-electron chi connectivity index (χ4n) is 4.76. The summed E-state index contributed by atoms with van der Waals surface area (Å²) in [5.41, 5.74) is 3.29. The summed E-state index contributed by atoms with van der Waals surface area (Å²) in [5, 5.41) is 2.96. The Hall–Kier alpha value is -3.61. The highest BCUT2D eigenvalue weighted by Crippen LogP contribution is 2.45. The molecule has 7 nitrogen and oxygen atoms in total. The third kappa shape index (κ3) is 4.23. The topological polar surface area (TPSA) is 86.2 Å². The molecule has 0 aromatic heterocycles. The summed E-state index contributed by atoms with van der Waals surface area (Å²) in [5.74, 6) is 0.540. The number of anilines is 1. The summed E-state index contributed by atoms with van der Waals surface area (Å²) in [6.45, 7) is 1.83. The normalized spacial score (nSPS) is 20.0. The molecule has 4 rings (SSSR count). The van der Waals surface area contributed by atoms with E-state index < -0.39 is 11.8 Å². The molecule has 1 aliphatic carbocycles. The summed E-state index contributed by atoms with van der Waals surface area (Å²) < 4.78 is 16.3. The highest BCUT2D eigenvalue weighted by Gasteiger charge is 2.43. The van der Waals surface area contributed by atoms with E-state index in [1.807, 2.05) is 31.2 Å². The molecule has 0 unspecified atom stereocenters. The second kappa shape index (κ2) is 9.48. The molecule has 2 aliphatic rings. The lowest BCUT2D eigenvalue weighted by Crippen LogP contribution is -2.39. The van der Waals surface area contributed by atoms with Gasteiger partial charge in [-0.3, -0.25) is 14.6 Å². The van der Waals surface area contributed by atoms with Crippen LogP contribution in [0.5, 0.6) is 17.2 Å². The molecule has 0 spiro atoms. The van der Waals surface area contributed by atoms with Crippen LogP contribution in [0.4, 0.5) is 5.69 Å². The number of allylic oxidation sites excluding steroid dienone is 1. The van der Waals surface area contributed by atoms with Crippen LogP contribution >= 0.6 is 0 Å². The van der Waals surface area contributed by atoms with Gasteiger partial charge in [-0.25, -0.2) is 0 Å². The minimum absolute atomic E-state index is 0.106. The van der Waals surface area contributed by atoms with E-state index >= 15 is 0 Å². The number of carbonyl (C=O) groups is 2. The summed E-state index contributed by atoms with van der Waals surface area (Å²) in [6, 6.07) is 12.8. The largest absolute Gasteiger partial charge is 0.495 e. The number of aliphatic imine (C=N–C) groups is 1. The molecule has 2 aromatic rings. The van der Waals surface area contributed by atoms with Gasteiger partial charge in [0, 0.05) is 29.3 Å². The number of ketones is 1. The van der Waals surface area contributed by atoms with E-state index in [2.05, 4.69) is 5.32 Å². The molecule has 0 radical (unpaired) electrons. The third-order valence-corrected chi connectivity index (χ3v) is 6.27. The predicted octanol–water partition coefficient (Wildman–Crippen LogP) is 4.53. The number of ether oxygens (including phenoxy) is 3. The minimum atomic E-state index is -0.473. The van der Waals surface area contributed by atoms with Crippen LogP contribution in [-0.4, -0.2) is 38.7 Å². The molecule has 1 aliphatic heterocycles. The van der Waals surface area contributed by atoms with E-state index in [0.717, 1.165) is 24.1 Å². The lowest BCUT2D eigenvalue weighted by atomic mass is 9.69. The van der Waals surface area contributed by atoms with Crippen LogP contribution < -0.4 is 19.5 Å². The maximum Gasteiger partial charge on any atom is 0.254 e. The zero-order valence-corrected chi connectivity index (χ0v) is 19.3. The molecule has 172 valence electrons. The number of methoxy groups -OCH3 is 3. The van der Waals surface area contributed by atoms with E-state index in [1.54, 1.807) is 39.5 Å². The van der Waals surface area contributed by atoms with Crippen molar-refractivity contribution in [3.8, 4) is 17.2 Å². The number of rotatable bonds is 6. The Morgan fingerprint density at radius 1 is 0.939 bits per heavy atom. The maximum atomic E-state index is 13.6. The first-order valence-electron chi connectivity index (χ1n) is 11.0. The van der Waals surface area contributed by atoms with Gasteiger partial charge in [0.1, 0.15) is 11.5 Å². The van der Waals surface area contributed by atoms with Gasteiger partial charge in [-0.15, -0.1) is 0 Å². The Balaban J connectivity index is 1.82. The van der Waals surface area contributed by atoms with Gasteiger partial charge in [0.15, 0.2) is 11.5 Å². The Morgan fingerprint density at radius 2 is 1.67 bits per heavy atom. The lowest BCUT2D eigenvalue weighted by molar-refractivity contribution is -0.122. The van der Waals surface area contributed by atoms with E-state index in [0.29, 0.717) is 40.6 Å². The molecule has 1 amide bonds. The smallest absolute Gasteiger partial charge is 0.254 e. The molecule has 0 saturated heterocycles. The fraction of sp³-hybridized carbons (Fsp3) is 0.346. The standard InChI is InChI=1S/C26H28N2O5/c1-15-23(26(30)28-17-8-5-6-11-20(17)31-2)24(25-18(27-15)9-7-10-19(25)29)16-12-13-21(32-3)22(14-16)33-4/h5-6,8,11-14,24-25H,7,9-10H2,1-4H3,(H,28,30)/t24-,25+/m1/s1. The van der Waals surface area contributed by atoms with Crippen molar-refractivity contribution in [3.63, 3.8) is 0 Å². The average molecular weight is 449 g/mol. The van der Waals surface area contributed by atoms with Crippen molar-refractivity contribution >= 4 is 23.1 Å². The SMILES string of the molecule is COc1ccccc1NC(=O)C1=C(C)N=C2CCCC(=O)[C@H]2[C@@H]1c1ccc(OC)c(OC)c1. The molecule has 1 saturated carbocycles. The van der Waals surface area contributed by atoms with Crippen molar-refractivity contribution in [2.45, 2.75) is 32.1 Å². The van der Waals surface area contributed by atoms with E-state index in [4.69, 9.17) is 19.2 Å². The van der Waals surface area contributed by atoms with Crippen molar-refractivity contribution in [3.05, 3.63) is 59.3 Å². The van der Waals surface area contributed by atoms with Gasteiger partial charge in [-0.1, -0.05) is 18.2 Å². The molecular weight excluding hydrogens is 420 g/mol. The average Bonchev–Trinajstić information content (AvgIpc) is 2.83. The van der Waals surface area contributed by atoms with Gasteiger partial charge in [0.05, 0.1) is 32.9 Å². The van der Waals surface area contributed by atoms with E-state index in [-0.39, 0.29) is 11.7 Å². The molecule has 2 aromatic carbocycles. The van der Waals surface area contributed by atoms with Crippen molar-refractivity contribution in [1.82, 2.24) is 0 Å². The van der Waals surface area contributed by atoms with Crippen molar-refractivity contribution in [2.24, 2.45) is 10.9 Å². The van der Waals surface area contributed by atoms with Crippen LogP contribution in [0.2, 0.25) is 0 Å². The molecule has 33 heavy (non-hydrogen) atoms. The number of hydrogen-bond acceptors (Lipinski definition) is 6. The monoisotopic (exact) mass is 448 g/mol. The van der Waals surface area contributed by atoms with Crippen LogP contribution in [0, 0.1) is 5.92 Å². The van der Waals surface area contributed by atoms with Gasteiger partial charge < -0.3 is 19.5 Å². The molecule has 7 heteroatoms. The summed E-state index contributed by atoms with van der Waals surface area (Å²) in [4.78, 5) is 31.5. The number of hydrogen-bond donors (Lipinski definition) is 1. The first-order chi connectivity index (χ1) is 16.0. The Labute approximate surface area is 193 Å². The second-order valence-electron chi connectivity index (χ2n) is 8.15. The number of nitrogens with one attached hydrogen (secondary N) is 1. The van der Waals surface area contributed by atoms with Gasteiger partial charge in [-0.05, 0) is 49.6 Å². The van der Waals surface area contributed by atoms with Gasteiger partial charge >= 0.3 is 0 Å². The molecule has 1 N–H and O–H groups in total. The number of Topliss-reactive ketones (excluding diaryl/α,β-unsaturated/α-hetero) is 1. The van der Waals surface area contributed by atoms with Crippen molar-refractivity contribution in [2.75, 3.05) is 26.6 Å². The van der Waals surface area contributed by atoms with Gasteiger partial charge in [-0.2, -0.15) is 0 Å². The first kappa shape index (κ1) is 22.6. The Bertz CT molecular complexity index is 1150. The quantitative estimate of drug-likeness (QED) is 0.702. The molecule has 1 fully saturated rings. The van der Waals surface area contributed by atoms with Crippen LogP contribution in [-0.2, 0) is 9.59 Å². The third-order valence-electron chi connectivity index (χ3n) is 6.27. The predicted molar refractivity (Wildman–Crippen MR) is 126 cm³/mol. The van der Waals surface area contributed by atoms with Crippen molar-refractivity contribution in [1.29, 1.82) is 0 Å². The number of nitrogens with zero attached hydrogens (tertiary/aromatic N) is 1. The Morgan fingerprint density at radius 3 is 2.39 bits per heavy atom. The van der Waals surface area contributed by atoms with Crippen molar-refractivity contribution < 1.29 is 23.8 Å². The van der Waals surface area contributed by atoms with Gasteiger partial charge in [0.2, 0.25) is 0 Å². The summed E-state index contributed by atoms with van der Waals surface area (Å²) >= 11 is 0. The first-order valence-corrected chi connectivity index (χ1v) is 11.0. The zero-order chi connectivity index (χ0) is 23.5. The number of fused-ring (bicyclic) bond motifs is 1. The van der Waals surface area contributed by atoms with Crippen LogP contribution in [0.1, 0.15) is 37.7 Å². The number of amides is 1. The highest BCUT2D eigenvalue weighted by atomic mass is 16.5.